The van der Waals surface area contributed by atoms with Crippen molar-refractivity contribution in [1.29, 1.82) is 0 Å². The molecular formula is C23H33N3O. The molecule has 4 heteroatoms. The Morgan fingerprint density at radius 2 is 1.59 bits per heavy atom. The van der Waals surface area contributed by atoms with Crippen LogP contribution in [-0.4, -0.2) is 42.5 Å². The molecule has 0 atom stereocenters. The molecule has 0 aliphatic carbocycles. The lowest BCUT2D eigenvalue weighted by atomic mass is 10.2. The second-order valence-electron chi connectivity index (χ2n) is 7.11. The number of aliphatic imine (C=N–C) groups is 1. The maximum Gasteiger partial charge on any atom is 0.132 e. The summed E-state index contributed by atoms with van der Waals surface area (Å²) in [7, 11) is 0. The van der Waals surface area contributed by atoms with Crippen LogP contribution >= 0.6 is 0 Å². The van der Waals surface area contributed by atoms with Crippen LogP contribution in [0.4, 0.5) is 5.69 Å². The van der Waals surface area contributed by atoms with E-state index in [9.17, 15) is 0 Å². The van der Waals surface area contributed by atoms with Crippen molar-refractivity contribution in [3.05, 3.63) is 60.2 Å². The van der Waals surface area contributed by atoms with Gasteiger partial charge in [0.2, 0.25) is 0 Å². The molecule has 0 spiro atoms. The minimum absolute atomic E-state index is 0.523. The van der Waals surface area contributed by atoms with Crippen LogP contribution in [0.25, 0.3) is 0 Å². The smallest absolute Gasteiger partial charge is 0.132 e. The quantitative estimate of drug-likeness (QED) is 0.497. The van der Waals surface area contributed by atoms with Crippen LogP contribution in [0.2, 0.25) is 0 Å². The summed E-state index contributed by atoms with van der Waals surface area (Å²) < 4.78 is 5.93. The van der Waals surface area contributed by atoms with Gasteiger partial charge in [0.15, 0.2) is 0 Å². The molecule has 0 aliphatic heterocycles. The number of nitrogens with zero attached hydrogens (tertiary/aromatic N) is 2. The van der Waals surface area contributed by atoms with E-state index in [1.54, 1.807) is 0 Å². The van der Waals surface area contributed by atoms with Crippen molar-refractivity contribution in [2.24, 2.45) is 4.99 Å². The Bertz CT molecular complexity index is 685. The number of anilines is 1. The molecule has 0 bridgehead atoms. The second kappa shape index (κ2) is 10.7. The number of ether oxygens (including phenoxy) is 1. The van der Waals surface area contributed by atoms with Crippen molar-refractivity contribution in [3.8, 4) is 5.75 Å². The van der Waals surface area contributed by atoms with Crippen LogP contribution in [0.3, 0.4) is 0 Å². The zero-order chi connectivity index (χ0) is 19.6. The highest BCUT2D eigenvalue weighted by Gasteiger charge is 2.12. The topological polar surface area (TPSA) is 36.9 Å². The molecule has 2 rings (SSSR count). The molecule has 2 aromatic carbocycles. The first-order chi connectivity index (χ1) is 13.0. The fourth-order valence-electron chi connectivity index (χ4n) is 3.11. The molecule has 0 aliphatic rings. The molecular weight excluding hydrogens is 334 g/mol. The van der Waals surface area contributed by atoms with Crippen molar-refractivity contribution in [2.45, 2.75) is 46.7 Å². The molecule has 0 saturated carbocycles. The zero-order valence-electron chi connectivity index (χ0n) is 17.3. The summed E-state index contributed by atoms with van der Waals surface area (Å²) in [6.45, 7) is 13.3. The first-order valence-electron chi connectivity index (χ1n) is 9.86. The first-order valence-corrected chi connectivity index (χ1v) is 9.86. The second-order valence-corrected chi connectivity index (χ2v) is 7.11. The van der Waals surface area contributed by atoms with Crippen molar-refractivity contribution >= 4 is 11.5 Å². The van der Waals surface area contributed by atoms with Gasteiger partial charge in [-0.05, 0) is 58.9 Å². The molecule has 1 N–H and O–H groups in total. The predicted octanol–water partition coefficient (Wildman–Crippen LogP) is 5.06. The molecule has 0 heterocycles. The molecule has 0 saturated heterocycles. The minimum Gasteiger partial charge on any atom is -0.492 e. The van der Waals surface area contributed by atoms with Gasteiger partial charge in [-0.3, -0.25) is 9.89 Å². The third-order valence-electron chi connectivity index (χ3n) is 4.43. The molecule has 0 amide bonds. The first kappa shape index (κ1) is 21.0. The van der Waals surface area contributed by atoms with E-state index in [2.05, 4.69) is 55.0 Å². The third kappa shape index (κ3) is 6.72. The van der Waals surface area contributed by atoms with E-state index in [0.29, 0.717) is 18.7 Å². The standard InChI is InChI=1S/C23H33N3O/c1-6-24-23(20-10-8-7-9-11-20)25-21-12-14-22(15-13-21)27-17-16-26(18(2)3)19(4)5/h7-15,18-19H,6,16-17H2,1-5H3,(H,24,25). The zero-order valence-corrected chi connectivity index (χ0v) is 17.3. The number of nitrogens with one attached hydrogen (secondary N) is 1. The highest BCUT2D eigenvalue weighted by Crippen LogP contribution is 2.17. The number of amidine groups is 1. The molecule has 0 fully saturated rings. The van der Waals surface area contributed by atoms with Crippen LogP contribution in [0.15, 0.2) is 59.6 Å². The fraction of sp³-hybridized carbons (Fsp3) is 0.435. The van der Waals surface area contributed by atoms with E-state index in [1.807, 2.05) is 49.4 Å². The predicted molar refractivity (Wildman–Crippen MR) is 116 cm³/mol. The Balaban J connectivity index is 1.93. The molecule has 0 aromatic heterocycles. The van der Waals surface area contributed by atoms with Crippen molar-refractivity contribution in [3.63, 3.8) is 0 Å². The van der Waals surface area contributed by atoms with Gasteiger partial charge in [-0.15, -0.1) is 0 Å². The van der Waals surface area contributed by atoms with Gasteiger partial charge < -0.3 is 10.1 Å². The maximum atomic E-state index is 5.93. The highest BCUT2D eigenvalue weighted by molar-refractivity contribution is 6.08. The fourth-order valence-corrected chi connectivity index (χ4v) is 3.11. The summed E-state index contributed by atoms with van der Waals surface area (Å²) >= 11 is 0. The Hall–Kier alpha value is -2.33. The summed E-state index contributed by atoms with van der Waals surface area (Å²) in [6, 6.07) is 19.3. The Labute approximate surface area is 164 Å². The molecule has 146 valence electrons. The highest BCUT2D eigenvalue weighted by atomic mass is 16.5. The lowest BCUT2D eigenvalue weighted by Gasteiger charge is -2.30. The van der Waals surface area contributed by atoms with Gasteiger partial charge in [-0.25, -0.2) is 0 Å². The summed E-state index contributed by atoms with van der Waals surface area (Å²) in [5.41, 5.74) is 2.09. The molecule has 27 heavy (non-hydrogen) atoms. The average molecular weight is 368 g/mol. The van der Waals surface area contributed by atoms with Crippen molar-refractivity contribution in [2.75, 3.05) is 25.0 Å². The minimum atomic E-state index is 0.523. The van der Waals surface area contributed by atoms with Crippen LogP contribution in [0, 0.1) is 0 Å². The summed E-state index contributed by atoms with van der Waals surface area (Å²) in [5.74, 6) is 1.78. The maximum absolute atomic E-state index is 5.93. The van der Waals surface area contributed by atoms with Gasteiger partial charge in [0.1, 0.15) is 18.2 Å². The average Bonchev–Trinajstić information content (AvgIpc) is 2.66. The Morgan fingerprint density at radius 3 is 2.15 bits per heavy atom. The normalized spacial score (nSPS) is 12.1. The van der Waals surface area contributed by atoms with Gasteiger partial charge in [0, 0.05) is 36.4 Å². The van der Waals surface area contributed by atoms with Gasteiger partial charge in [0.25, 0.3) is 0 Å². The van der Waals surface area contributed by atoms with E-state index in [0.717, 1.165) is 35.9 Å². The van der Waals surface area contributed by atoms with E-state index in [-0.39, 0.29) is 0 Å². The number of benzene rings is 2. The molecule has 0 unspecified atom stereocenters. The monoisotopic (exact) mass is 367 g/mol. The Morgan fingerprint density at radius 1 is 0.963 bits per heavy atom. The summed E-state index contributed by atoms with van der Waals surface area (Å²) in [6.07, 6.45) is 0. The van der Waals surface area contributed by atoms with Gasteiger partial charge >= 0.3 is 0 Å². The van der Waals surface area contributed by atoms with Crippen LogP contribution < -0.4 is 10.1 Å². The summed E-state index contributed by atoms with van der Waals surface area (Å²) in [5, 5.41) is 3.41. The van der Waals surface area contributed by atoms with Gasteiger partial charge in [-0.1, -0.05) is 30.3 Å². The van der Waals surface area contributed by atoms with E-state index >= 15 is 0 Å². The molecule has 4 nitrogen and oxygen atoms in total. The lowest BCUT2D eigenvalue weighted by molar-refractivity contribution is 0.142. The number of hydrogen-bond donors (Lipinski definition) is 1. The lowest BCUT2D eigenvalue weighted by Crippen LogP contribution is -2.39. The molecule has 0 radical (unpaired) electrons. The number of hydrogen-bond acceptors (Lipinski definition) is 3. The number of rotatable bonds is 9. The van der Waals surface area contributed by atoms with Crippen molar-refractivity contribution < 1.29 is 4.74 Å². The van der Waals surface area contributed by atoms with Gasteiger partial charge in [0.05, 0.1) is 0 Å². The van der Waals surface area contributed by atoms with Crippen LogP contribution in [-0.2, 0) is 0 Å². The Kier molecular flexibility index (Phi) is 8.34. The van der Waals surface area contributed by atoms with E-state index in [1.165, 1.54) is 0 Å². The van der Waals surface area contributed by atoms with E-state index < -0.39 is 0 Å². The van der Waals surface area contributed by atoms with Crippen LogP contribution in [0.1, 0.15) is 40.2 Å². The van der Waals surface area contributed by atoms with Crippen LogP contribution in [0.5, 0.6) is 5.75 Å². The third-order valence-corrected chi connectivity index (χ3v) is 4.43. The van der Waals surface area contributed by atoms with Gasteiger partial charge in [-0.2, -0.15) is 0 Å². The summed E-state index contributed by atoms with van der Waals surface area (Å²) in [4.78, 5) is 7.02. The largest absolute Gasteiger partial charge is 0.492 e. The van der Waals surface area contributed by atoms with Crippen molar-refractivity contribution in [1.82, 2.24) is 4.90 Å². The SMILES string of the molecule is CCN=C(Nc1ccc(OCCN(C(C)C)C(C)C)cc1)c1ccccc1. The molecule has 2 aromatic rings. The van der Waals surface area contributed by atoms with E-state index in [4.69, 9.17) is 4.74 Å².